The number of ether oxygens (including phenoxy) is 1. The van der Waals surface area contributed by atoms with E-state index in [1.807, 2.05) is 36.4 Å². The second-order valence-corrected chi connectivity index (χ2v) is 7.41. The van der Waals surface area contributed by atoms with Crippen molar-refractivity contribution in [1.82, 2.24) is 5.32 Å². The molecule has 1 atom stereocenters. The van der Waals surface area contributed by atoms with Crippen molar-refractivity contribution < 1.29 is 14.8 Å². The highest BCUT2D eigenvalue weighted by atomic mass is 35.5. The van der Waals surface area contributed by atoms with Crippen LogP contribution in [0.1, 0.15) is 16.5 Å². The number of thiophene rings is 1. The van der Waals surface area contributed by atoms with Crippen molar-refractivity contribution >= 4 is 28.8 Å². The number of carbonyl (C=O) groups is 1. The van der Waals surface area contributed by atoms with E-state index in [-0.39, 0.29) is 11.9 Å². The average molecular weight is 402 g/mol. The van der Waals surface area contributed by atoms with Crippen molar-refractivity contribution in [3.63, 3.8) is 0 Å². The molecule has 6 heteroatoms. The molecule has 3 N–H and O–H groups in total. The number of halogens is 1. The van der Waals surface area contributed by atoms with E-state index in [1.54, 1.807) is 23.5 Å². The van der Waals surface area contributed by atoms with Crippen molar-refractivity contribution in [2.24, 2.45) is 0 Å². The Kier molecular flexibility index (Phi) is 7.27. The van der Waals surface area contributed by atoms with Gasteiger partial charge in [0.05, 0.1) is 11.4 Å². The van der Waals surface area contributed by atoms with Crippen LogP contribution in [0.15, 0.2) is 72.1 Å². The van der Waals surface area contributed by atoms with E-state index >= 15 is 0 Å². The Morgan fingerprint density at radius 2 is 1.85 bits per heavy atom. The lowest BCUT2D eigenvalue weighted by atomic mass is 10.1. The maximum atomic E-state index is 12.2. The third-order valence-electron chi connectivity index (χ3n) is 4.05. The number of quaternary nitrogens is 1. The molecule has 2 aromatic carbocycles. The normalized spacial score (nSPS) is 11.7. The molecule has 0 saturated heterocycles. The number of hydrogen-bond donors (Lipinski definition) is 2. The van der Waals surface area contributed by atoms with Crippen LogP contribution < -0.4 is 15.4 Å². The Balaban J connectivity index is 1.44. The van der Waals surface area contributed by atoms with E-state index in [0.717, 1.165) is 5.75 Å². The second-order valence-electron chi connectivity index (χ2n) is 6.00. The van der Waals surface area contributed by atoms with Gasteiger partial charge in [-0.3, -0.25) is 4.79 Å². The SMILES string of the molecule is O=C(C[NH2+][C@H](c1ccccc1)c1cccs1)NCCOc1ccc(Cl)cc1. The highest BCUT2D eigenvalue weighted by Gasteiger charge is 2.19. The van der Waals surface area contributed by atoms with E-state index in [2.05, 4.69) is 34.2 Å². The zero-order valence-electron chi connectivity index (χ0n) is 14.8. The van der Waals surface area contributed by atoms with Gasteiger partial charge in [0.25, 0.3) is 5.91 Å². The van der Waals surface area contributed by atoms with Crippen LogP contribution >= 0.6 is 22.9 Å². The van der Waals surface area contributed by atoms with Crippen LogP contribution in [0.2, 0.25) is 5.02 Å². The number of nitrogens with one attached hydrogen (secondary N) is 1. The fourth-order valence-corrected chi connectivity index (χ4v) is 3.71. The summed E-state index contributed by atoms with van der Waals surface area (Å²) in [5.41, 5.74) is 1.19. The summed E-state index contributed by atoms with van der Waals surface area (Å²) in [5, 5.41) is 7.70. The summed E-state index contributed by atoms with van der Waals surface area (Å²) in [7, 11) is 0. The summed E-state index contributed by atoms with van der Waals surface area (Å²) >= 11 is 7.55. The number of benzene rings is 2. The van der Waals surface area contributed by atoms with Gasteiger partial charge in [-0.15, -0.1) is 11.3 Å². The molecule has 3 aromatic rings. The van der Waals surface area contributed by atoms with Gasteiger partial charge in [-0.2, -0.15) is 0 Å². The molecule has 0 fully saturated rings. The first-order chi connectivity index (χ1) is 13.2. The van der Waals surface area contributed by atoms with E-state index < -0.39 is 0 Å². The van der Waals surface area contributed by atoms with Crippen LogP contribution in [0.3, 0.4) is 0 Å². The van der Waals surface area contributed by atoms with Crippen LogP contribution in [-0.4, -0.2) is 25.6 Å². The molecule has 0 aliphatic carbocycles. The maximum absolute atomic E-state index is 12.2. The molecular formula is C21H22ClN2O2S+. The summed E-state index contributed by atoms with van der Waals surface area (Å²) in [4.78, 5) is 13.4. The predicted octanol–water partition coefficient (Wildman–Crippen LogP) is 3.25. The quantitative estimate of drug-likeness (QED) is 0.541. The van der Waals surface area contributed by atoms with E-state index in [9.17, 15) is 4.79 Å². The third kappa shape index (κ3) is 6.10. The fraction of sp³-hybridized carbons (Fsp3) is 0.190. The first-order valence-electron chi connectivity index (χ1n) is 8.79. The molecule has 0 saturated carbocycles. The van der Waals surface area contributed by atoms with Gasteiger partial charge in [0.1, 0.15) is 18.4 Å². The molecule has 1 heterocycles. The van der Waals surface area contributed by atoms with Crippen molar-refractivity contribution in [3.05, 3.63) is 87.6 Å². The topological polar surface area (TPSA) is 54.9 Å². The predicted molar refractivity (Wildman–Crippen MR) is 109 cm³/mol. The minimum atomic E-state index is -0.00723. The van der Waals surface area contributed by atoms with Gasteiger partial charge in [-0.25, -0.2) is 0 Å². The van der Waals surface area contributed by atoms with Gasteiger partial charge in [0.2, 0.25) is 0 Å². The molecule has 0 bridgehead atoms. The lowest BCUT2D eigenvalue weighted by molar-refractivity contribution is -0.676. The summed E-state index contributed by atoms with van der Waals surface area (Å²) in [6, 6.07) is 21.7. The number of nitrogens with two attached hydrogens (primary N) is 1. The molecule has 0 radical (unpaired) electrons. The second kappa shape index (κ2) is 10.1. The molecule has 0 unspecified atom stereocenters. The molecule has 1 amide bonds. The molecule has 4 nitrogen and oxygen atoms in total. The molecule has 3 rings (SSSR count). The number of hydrogen-bond acceptors (Lipinski definition) is 3. The minimum absolute atomic E-state index is 0.00723. The molecule has 1 aromatic heterocycles. The van der Waals surface area contributed by atoms with Crippen molar-refractivity contribution in [2.75, 3.05) is 19.7 Å². The number of rotatable bonds is 9. The third-order valence-corrected chi connectivity index (χ3v) is 5.26. The molecule has 0 spiro atoms. The summed E-state index contributed by atoms with van der Waals surface area (Å²) in [6.07, 6.45) is 0. The zero-order valence-corrected chi connectivity index (χ0v) is 16.4. The highest BCUT2D eigenvalue weighted by molar-refractivity contribution is 7.10. The van der Waals surface area contributed by atoms with Gasteiger partial charge in [-0.05, 0) is 35.7 Å². The van der Waals surface area contributed by atoms with Crippen LogP contribution in [0.5, 0.6) is 5.75 Å². The Morgan fingerprint density at radius 3 is 2.56 bits per heavy atom. The van der Waals surface area contributed by atoms with Gasteiger partial charge in [-0.1, -0.05) is 48.0 Å². The Morgan fingerprint density at radius 1 is 1.07 bits per heavy atom. The van der Waals surface area contributed by atoms with Gasteiger partial charge < -0.3 is 15.4 Å². The molecule has 0 aliphatic rings. The Bertz CT molecular complexity index is 823. The lowest BCUT2D eigenvalue weighted by Crippen LogP contribution is -2.87. The summed E-state index contributed by atoms with van der Waals surface area (Å²) in [6.45, 7) is 1.24. The van der Waals surface area contributed by atoms with Crippen molar-refractivity contribution in [1.29, 1.82) is 0 Å². The largest absolute Gasteiger partial charge is 0.492 e. The zero-order chi connectivity index (χ0) is 18.9. The minimum Gasteiger partial charge on any atom is -0.492 e. The Hall–Kier alpha value is -2.34. The van der Waals surface area contributed by atoms with E-state index in [4.69, 9.17) is 16.3 Å². The van der Waals surface area contributed by atoms with Crippen LogP contribution in [0.25, 0.3) is 0 Å². The standard InChI is InChI=1S/C21H21ClN2O2S/c22-17-8-10-18(11-9-17)26-13-12-23-20(25)15-24-21(19-7-4-14-27-19)16-5-2-1-3-6-16/h1-11,14,21,24H,12-13,15H2,(H,23,25)/p+1/t21-/m1/s1. The summed E-state index contributed by atoms with van der Waals surface area (Å²) in [5.74, 6) is 0.731. The average Bonchev–Trinajstić information content (AvgIpc) is 3.22. The van der Waals surface area contributed by atoms with Crippen molar-refractivity contribution in [3.8, 4) is 5.75 Å². The van der Waals surface area contributed by atoms with Crippen LogP contribution in [-0.2, 0) is 4.79 Å². The molecule has 140 valence electrons. The first-order valence-corrected chi connectivity index (χ1v) is 10.0. The lowest BCUT2D eigenvalue weighted by Gasteiger charge is -2.14. The first kappa shape index (κ1) is 19.4. The fourth-order valence-electron chi connectivity index (χ4n) is 2.73. The molecular weight excluding hydrogens is 380 g/mol. The summed E-state index contributed by atoms with van der Waals surface area (Å²) < 4.78 is 5.58. The van der Waals surface area contributed by atoms with Gasteiger partial charge in [0, 0.05) is 10.6 Å². The monoisotopic (exact) mass is 401 g/mol. The van der Waals surface area contributed by atoms with Gasteiger partial charge >= 0.3 is 0 Å². The van der Waals surface area contributed by atoms with Crippen LogP contribution in [0, 0.1) is 0 Å². The smallest absolute Gasteiger partial charge is 0.275 e. The van der Waals surface area contributed by atoms with Crippen molar-refractivity contribution in [2.45, 2.75) is 6.04 Å². The van der Waals surface area contributed by atoms with E-state index in [0.29, 0.717) is 24.7 Å². The molecule has 27 heavy (non-hydrogen) atoms. The number of carbonyl (C=O) groups excluding carboxylic acids is 1. The Labute approximate surface area is 168 Å². The van der Waals surface area contributed by atoms with Crippen LogP contribution in [0.4, 0.5) is 0 Å². The number of amides is 1. The van der Waals surface area contributed by atoms with E-state index in [1.165, 1.54) is 10.4 Å². The maximum Gasteiger partial charge on any atom is 0.275 e. The molecule has 0 aliphatic heterocycles. The highest BCUT2D eigenvalue weighted by Crippen LogP contribution is 2.22. The van der Waals surface area contributed by atoms with Gasteiger partial charge in [0.15, 0.2) is 6.54 Å².